The van der Waals surface area contributed by atoms with Crippen LogP contribution in [0.1, 0.15) is 96.8 Å². The fourth-order valence-electron chi connectivity index (χ4n) is 5.03. The molecule has 30 heavy (non-hydrogen) atoms. The Hall–Kier alpha value is -2.14. The molecule has 0 bridgehead atoms. The summed E-state index contributed by atoms with van der Waals surface area (Å²) in [4.78, 5) is 15.6. The Bertz CT molecular complexity index is 974. The van der Waals surface area contributed by atoms with Crippen molar-refractivity contribution in [1.82, 2.24) is 20.0 Å². The third-order valence-corrected chi connectivity index (χ3v) is 7.04. The van der Waals surface area contributed by atoms with E-state index < -0.39 is 0 Å². The van der Waals surface area contributed by atoms with Crippen molar-refractivity contribution in [2.24, 2.45) is 0 Å². The van der Waals surface area contributed by atoms with Gasteiger partial charge in [-0.05, 0) is 73.2 Å². The number of nitrogens with zero attached hydrogens (tertiary/aromatic N) is 3. The zero-order valence-corrected chi connectivity index (χ0v) is 18.8. The summed E-state index contributed by atoms with van der Waals surface area (Å²) < 4.78 is 1.98. The molecule has 1 N–H and O–H groups in total. The van der Waals surface area contributed by atoms with Crippen molar-refractivity contribution in [2.45, 2.75) is 83.8 Å². The number of rotatable bonds is 3. The zero-order valence-electron chi connectivity index (χ0n) is 18.8. The average Bonchev–Trinajstić information content (AvgIpc) is 3.26. The van der Waals surface area contributed by atoms with E-state index in [2.05, 4.69) is 48.2 Å². The van der Waals surface area contributed by atoms with E-state index in [0.717, 1.165) is 43.6 Å². The first-order valence-electron chi connectivity index (χ1n) is 11.6. The number of amides is 1. The molecule has 5 heteroatoms. The first-order valence-corrected chi connectivity index (χ1v) is 11.6. The summed E-state index contributed by atoms with van der Waals surface area (Å²) in [6, 6.07) is 5.64. The van der Waals surface area contributed by atoms with Gasteiger partial charge in [0, 0.05) is 24.7 Å². The molecular weight excluding hydrogens is 372 g/mol. The highest BCUT2D eigenvalue weighted by molar-refractivity contribution is 5.94. The zero-order chi connectivity index (χ0) is 21.0. The number of benzene rings is 1. The van der Waals surface area contributed by atoms with E-state index in [1.807, 2.05) is 17.8 Å². The van der Waals surface area contributed by atoms with Gasteiger partial charge in [0.1, 0.15) is 5.69 Å². The molecule has 2 fully saturated rings. The summed E-state index contributed by atoms with van der Waals surface area (Å²) in [7, 11) is 0. The van der Waals surface area contributed by atoms with Gasteiger partial charge in [-0.25, -0.2) is 0 Å². The van der Waals surface area contributed by atoms with Crippen molar-refractivity contribution in [3.05, 3.63) is 51.8 Å². The predicted octanol–water partition coefficient (Wildman–Crippen LogP) is 4.45. The molecule has 3 heterocycles. The van der Waals surface area contributed by atoms with Crippen LogP contribution in [-0.2, 0) is 18.4 Å². The molecule has 5 rings (SSSR count). The minimum atomic E-state index is 0.128. The lowest BCUT2D eigenvalue weighted by molar-refractivity contribution is 0.0720. The quantitative estimate of drug-likeness (QED) is 0.819. The van der Waals surface area contributed by atoms with Crippen LogP contribution in [0.5, 0.6) is 0 Å². The van der Waals surface area contributed by atoms with E-state index in [4.69, 9.17) is 0 Å². The Morgan fingerprint density at radius 1 is 1.20 bits per heavy atom. The Balaban J connectivity index is 1.50. The maximum atomic E-state index is 13.6. The monoisotopic (exact) mass is 406 g/mol. The van der Waals surface area contributed by atoms with Gasteiger partial charge in [-0.2, -0.15) is 5.10 Å². The Morgan fingerprint density at radius 2 is 2.00 bits per heavy atom. The normalized spacial score (nSPS) is 21.7. The van der Waals surface area contributed by atoms with Crippen molar-refractivity contribution in [3.63, 3.8) is 0 Å². The lowest BCUT2D eigenvalue weighted by atomic mass is 9.80. The van der Waals surface area contributed by atoms with Gasteiger partial charge in [-0.15, -0.1) is 0 Å². The van der Waals surface area contributed by atoms with Gasteiger partial charge in [0.25, 0.3) is 5.91 Å². The Labute approximate surface area is 179 Å². The van der Waals surface area contributed by atoms with Gasteiger partial charge >= 0.3 is 0 Å². The van der Waals surface area contributed by atoms with Gasteiger partial charge in [0.2, 0.25) is 0 Å². The molecule has 1 saturated carbocycles. The second kappa shape index (κ2) is 7.23. The molecule has 5 nitrogen and oxygen atoms in total. The molecule has 2 aromatic rings. The van der Waals surface area contributed by atoms with Crippen LogP contribution in [0.25, 0.3) is 0 Å². The van der Waals surface area contributed by atoms with E-state index in [9.17, 15) is 4.79 Å². The number of hydrogen-bond donors (Lipinski definition) is 1. The number of nitrogens with one attached hydrogen (secondary N) is 1. The van der Waals surface area contributed by atoms with Crippen LogP contribution < -0.4 is 5.32 Å². The van der Waals surface area contributed by atoms with E-state index in [0.29, 0.717) is 18.6 Å². The van der Waals surface area contributed by atoms with Gasteiger partial charge in [-0.3, -0.25) is 9.48 Å². The molecule has 1 saturated heterocycles. The van der Waals surface area contributed by atoms with Gasteiger partial charge in [0.15, 0.2) is 0 Å². The number of carbonyl (C=O) groups excluding carboxylic acids is 1. The van der Waals surface area contributed by atoms with E-state index in [1.54, 1.807) is 0 Å². The van der Waals surface area contributed by atoms with E-state index in [-0.39, 0.29) is 11.3 Å². The Kier molecular flexibility index (Phi) is 4.77. The average molecular weight is 407 g/mol. The molecule has 1 aromatic heterocycles. The SMILES string of the molecule is Cc1cnn(C2CC2)c1C(=O)N1CCc2cc(C(C)(C)C)cc([C@@H]3CCCN3)c2C1. The Morgan fingerprint density at radius 3 is 2.67 bits per heavy atom. The van der Waals surface area contributed by atoms with Crippen LogP contribution in [0.4, 0.5) is 0 Å². The number of aromatic nitrogens is 2. The highest BCUT2D eigenvalue weighted by atomic mass is 16.2. The maximum absolute atomic E-state index is 13.6. The molecule has 3 aliphatic rings. The minimum Gasteiger partial charge on any atom is -0.333 e. The summed E-state index contributed by atoms with van der Waals surface area (Å²) in [5.41, 5.74) is 7.56. The molecule has 1 aromatic carbocycles. The van der Waals surface area contributed by atoms with Crippen molar-refractivity contribution in [3.8, 4) is 0 Å². The standard InChI is InChI=1S/C25H34N4O/c1-16-14-27-29(19-7-8-19)23(16)24(30)28-11-9-17-12-18(25(2,3)4)13-20(21(17)15-28)22-6-5-10-26-22/h12-14,19,22,26H,5-11,15H2,1-4H3/t22-/m0/s1. The van der Waals surface area contributed by atoms with Crippen LogP contribution in [-0.4, -0.2) is 33.7 Å². The molecule has 1 amide bonds. The second-order valence-corrected chi connectivity index (χ2v) is 10.4. The predicted molar refractivity (Wildman–Crippen MR) is 119 cm³/mol. The third-order valence-electron chi connectivity index (χ3n) is 7.04. The molecular formula is C25H34N4O. The number of aryl methyl sites for hydroxylation is 1. The van der Waals surface area contributed by atoms with Gasteiger partial charge in [-0.1, -0.05) is 32.9 Å². The first-order chi connectivity index (χ1) is 14.3. The lowest BCUT2D eigenvalue weighted by Crippen LogP contribution is -2.38. The summed E-state index contributed by atoms with van der Waals surface area (Å²) >= 11 is 0. The van der Waals surface area contributed by atoms with Crippen LogP contribution >= 0.6 is 0 Å². The highest BCUT2D eigenvalue weighted by Crippen LogP contribution is 2.38. The summed E-state index contributed by atoms with van der Waals surface area (Å²) in [6.45, 7) is 11.5. The number of carbonyl (C=O) groups is 1. The smallest absolute Gasteiger partial charge is 0.272 e. The number of fused-ring (bicyclic) bond motifs is 1. The van der Waals surface area contributed by atoms with Crippen molar-refractivity contribution >= 4 is 5.91 Å². The first kappa shape index (κ1) is 19.8. The lowest BCUT2D eigenvalue weighted by Gasteiger charge is -2.34. The molecule has 1 atom stereocenters. The van der Waals surface area contributed by atoms with Crippen molar-refractivity contribution in [2.75, 3.05) is 13.1 Å². The van der Waals surface area contributed by atoms with Crippen LogP contribution in [0, 0.1) is 6.92 Å². The summed E-state index contributed by atoms with van der Waals surface area (Å²) in [5, 5.41) is 8.21. The number of hydrogen-bond acceptors (Lipinski definition) is 3. The topological polar surface area (TPSA) is 50.2 Å². The molecule has 160 valence electrons. The van der Waals surface area contributed by atoms with Crippen LogP contribution in [0.3, 0.4) is 0 Å². The molecule has 0 spiro atoms. The second-order valence-electron chi connectivity index (χ2n) is 10.4. The molecule has 2 aliphatic heterocycles. The van der Waals surface area contributed by atoms with E-state index >= 15 is 0 Å². The van der Waals surface area contributed by atoms with Crippen molar-refractivity contribution in [1.29, 1.82) is 0 Å². The fraction of sp³-hybridized carbons (Fsp3) is 0.600. The molecule has 1 aliphatic carbocycles. The van der Waals surface area contributed by atoms with Crippen LogP contribution in [0.15, 0.2) is 18.3 Å². The molecule has 0 radical (unpaired) electrons. The maximum Gasteiger partial charge on any atom is 0.272 e. The highest BCUT2D eigenvalue weighted by Gasteiger charge is 2.34. The minimum absolute atomic E-state index is 0.128. The summed E-state index contributed by atoms with van der Waals surface area (Å²) in [6.07, 6.45) is 7.46. The van der Waals surface area contributed by atoms with Gasteiger partial charge < -0.3 is 10.2 Å². The largest absolute Gasteiger partial charge is 0.333 e. The van der Waals surface area contributed by atoms with E-state index in [1.165, 1.54) is 35.1 Å². The third kappa shape index (κ3) is 3.47. The summed E-state index contributed by atoms with van der Waals surface area (Å²) in [5.74, 6) is 0.146. The molecule has 0 unspecified atom stereocenters. The van der Waals surface area contributed by atoms with Crippen molar-refractivity contribution < 1.29 is 4.79 Å². The van der Waals surface area contributed by atoms with Gasteiger partial charge in [0.05, 0.1) is 12.2 Å². The van der Waals surface area contributed by atoms with Crippen LogP contribution in [0.2, 0.25) is 0 Å². The fourth-order valence-corrected chi connectivity index (χ4v) is 5.03.